The van der Waals surface area contributed by atoms with Crippen LogP contribution in [0.5, 0.6) is 0 Å². The fraction of sp³-hybridized carbons (Fsp3) is 0.714. The first kappa shape index (κ1) is 15.4. The van der Waals surface area contributed by atoms with Crippen LogP contribution in [0.15, 0.2) is 24.3 Å². The van der Waals surface area contributed by atoms with Crippen LogP contribution < -0.4 is 5.32 Å². The fourth-order valence-corrected chi connectivity index (χ4v) is 1.03. The molecule has 2 nitrogen and oxygen atoms in total. The van der Waals surface area contributed by atoms with Crippen LogP contribution in [0.4, 0.5) is 0 Å². The van der Waals surface area contributed by atoms with Crippen LogP contribution >= 0.6 is 0 Å². The van der Waals surface area contributed by atoms with Gasteiger partial charge in [0.15, 0.2) is 0 Å². The lowest BCUT2D eigenvalue weighted by Crippen LogP contribution is -2.36. The smallest absolute Gasteiger partial charge is 0.0676 e. The molecule has 1 heterocycles. The molecule has 0 aromatic rings. The zero-order chi connectivity index (χ0) is 12.8. The Kier molecular flexibility index (Phi) is 5.98. The van der Waals surface area contributed by atoms with Crippen molar-refractivity contribution in [1.82, 2.24) is 5.32 Å². The highest BCUT2D eigenvalue weighted by atomic mass is 16.3. The first-order valence-corrected chi connectivity index (χ1v) is 5.93. The van der Waals surface area contributed by atoms with Crippen LogP contribution in [0.1, 0.15) is 41.0 Å². The summed E-state index contributed by atoms with van der Waals surface area (Å²) < 4.78 is 0. The van der Waals surface area contributed by atoms with Crippen molar-refractivity contribution in [2.75, 3.05) is 13.1 Å². The molecule has 0 radical (unpaired) electrons. The van der Waals surface area contributed by atoms with Crippen molar-refractivity contribution in [3.8, 4) is 0 Å². The Morgan fingerprint density at radius 3 is 2.06 bits per heavy atom. The molecule has 1 aliphatic heterocycles. The van der Waals surface area contributed by atoms with Gasteiger partial charge in [-0.1, -0.05) is 31.6 Å². The molecular weight excluding hydrogens is 198 g/mol. The molecule has 0 aromatic carbocycles. The number of nitrogens with one attached hydrogen (secondary N) is 1. The SMILES string of the molecule is C=CC(C)(C)C(C)(C)O.CC1=CCCNC1. The summed E-state index contributed by atoms with van der Waals surface area (Å²) in [5.41, 5.74) is 0.605. The quantitative estimate of drug-likeness (QED) is 0.708. The van der Waals surface area contributed by atoms with Crippen LogP contribution in [0.2, 0.25) is 0 Å². The van der Waals surface area contributed by atoms with Gasteiger partial charge in [0, 0.05) is 12.0 Å². The van der Waals surface area contributed by atoms with Gasteiger partial charge in [-0.2, -0.15) is 0 Å². The van der Waals surface area contributed by atoms with E-state index < -0.39 is 5.60 Å². The van der Waals surface area contributed by atoms with Crippen molar-refractivity contribution in [1.29, 1.82) is 0 Å². The molecule has 16 heavy (non-hydrogen) atoms. The van der Waals surface area contributed by atoms with Gasteiger partial charge in [-0.25, -0.2) is 0 Å². The monoisotopic (exact) mass is 225 g/mol. The zero-order valence-corrected chi connectivity index (χ0v) is 11.4. The Hall–Kier alpha value is -0.600. The summed E-state index contributed by atoms with van der Waals surface area (Å²) in [6.07, 6.45) is 5.27. The molecule has 1 aliphatic rings. The number of rotatable bonds is 2. The van der Waals surface area contributed by atoms with E-state index in [1.54, 1.807) is 19.9 Å². The van der Waals surface area contributed by atoms with Gasteiger partial charge >= 0.3 is 0 Å². The average molecular weight is 225 g/mol. The molecule has 0 fully saturated rings. The highest BCUT2D eigenvalue weighted by molar-refractivity contribution is 5.03. The zero-order valence-electron chi connectivity index (χ0n) is 11.4. The molecule has 2 heteroatoms. The minimum Gasteiger partial charge on any atom is -0.390 e. The van der Waals surface area contributed by atoms with Gasteiger partial charge in [0.05, 0.1) is 5.60 Å². The number of hydrogen-bond acceptors (Lipinski definition) is 2. The van der Waals surface area contributed by atoms with Crippen molar-refractivity contribution >= 4 is 0 Å². The average Bonchev–Trinajstić information content (AvgIpc) is 2.18. The summed E-state index contributed by atoms with van der Waals surface area (Å²) in [7, 11) is 0. The maximum absolute atomic E-state index is 9.47. The van der Waals surface area contributed by atoms with Crippen LogP contribution in [0, 0.1) is 5.41 Å². The molecular formula is C14H27NO. The van der Waals surface area contributed by atoms with E-state index in [1.807, 2.05) is 13.8 Å². The van der Waals surface area contributed by atoms with E-state index in [0.29, 0.717) is 0 Å². The predicted octanol–water partition coefficient (Wildman–Crippen LogP) is 2.90. The van der Waals surface area contributed by atoms with Gasteiger partial charge < -0.3 is 10.4 Å². The number of hydrogen-bond donors (Lipinski definition) is 2. The Labute approximate surface area is 100 Å². The van der Waals surface area contributed by atoms with Gasteiger partial charge in [-0.15, -0.1) is 6.58 Å². The Balaban J connectivity index is 0.000000288. The van der Waals surface area contributed by atoms with E-state index in [9.17, 15) is 5.11 Å². The first-order chi connectivity index (χ1) is 7.20. The summed E-state index contributed by atoms with van der Waals surface area (Å²) >= 11 is 0. The maximum Gasteiger partial charge on any atom is 0.0676 e. The molecule has 0 saturated carbocycles. The second kappa shape index (κ2) is 6.21. The number of aliphatic hydroxyl groups is 1. The van der Waals surface area contributed by atoms with Crippen LogP contribution in [0.25, 0.3) is 0 Å². The van der Waals surface area contributed by atoms with Gasteiger partial charge in [-0.05, 0) is 33.7 Å². The van der Waals surface area contributed by atoms with E-state index in [0.717, 1.165) is 13.1 Å². The maximum atomic E-state index is 9.47. The third kappa shape index (κ3) is 5.47. The van der Waals surface area contributed by atoms with E-state index in [1.165, 1.54) is 12.0 Å². The minimum atomic E-state index is -0.672. The summed E-state index contributed by atoms with van der Waals surface area (Å²) in [6, 6.07) is 0. The second-order valence-electron chi connectivity index (χ2n) is 5.50. The van der Waals surface area contributed by atoms with Crippen LogP contribution in [-0.2, 0) is 0 Å². The fourth-order valence-electron chi connectivity index (χ4n) is 1.03. The Morgan fingerprint density at radius 2 is 1.94 bits per heavy atom. The largest absolute Gasteiger partial charge is 0.390 e. The second-order valence-corrected chi connectivity index (χ2v) is 5.50. The van der Waals surface area contributed by atoms with Gasteiger partial charge in [0.2, 0.25) is 0 Å². The Bertz CT molecular complexity index is 246. The molecule has 0 spiro atoms. The van der Waals surface area contributed by atoms with Crippen molar-refractivity contribution < 1.29 is 5.11 Å². The normalized spacial score (nSPS) is 17.0. The van der Waals surface area contributed by atoms with Crippen LogP contribution in [0.3, 0.4) is 0 Å². The highest BCUT2D eigenvalue weighted by Crippen LogP contribution is 2.30. The molecule has 0 amide bonds. The molecule has 2 N–H and O–H groups in total. The predicted molar refractivity (Wildman–Crippen MR) is 71.5 cm³/mol. The molecule has 0 unspecified atom stereocenters. The van der Waals surface area contributed by atoms with Gasteiger partial charge in [0.1, 0.15) is 0 Å². The van der Waals surface area contributed by atoms with E-state index in [2.05, 4.69) is 24.9 Å². The molecule has 0 aliphatic carbocycles. The summed E-state index contributed by atoms with van der Waals surface area (Å²) in [5.74, 6) is 0. The molecule has 0 bridgehead atoms. The lowest BCUT2D eigenvalue weighted by Gasteiger charge is -2.34. The Morgan fingerprint density at radius 1 is 1.38 bits per heavy atom. The minimum absolute atomic E-state index is 0.201. The lowest BCUT2D eigenvalue weighted by atomic mass is 9.78. The van der Waals surface area contributed by atoms with Crippen molar-refractivity contribution in [2.45, 2.75) is 46.6 Å². The van der Waals surface area contributed by atoms with Crippen molar-refractivity contribution in [3.05, 3.63) is 24.3 Å². The van der Waals surface area contributed by atoms with Gasteiger partial charge in [-0.3, -0.25) is 0 Å². The van der Waals surface area contributed by atoms with Crippen LogP contribution in [-0.4, -0.2) is 23.8 Å². The van der Waals surface area contributed by atoms with Crippen molar-refractivity contribution in [2.24, 2.45) is 5.41 Å². The topological polar surface area (TPSA) is 32.3 Å². The summed E-state index contributed by atoms with van der Waals surface area (Å²) in [5, 5.41) is 12.7. The molecule has 94 valence electrons. The third-order valence-electron chi connectivity index (χ3n) is 3.30. The highest BCUT2D eigenvalue weighted by Gasteiger charge is 2.31. The van der Waals surface area contributed by atoms with Gasteiger partial charge in [0.25, 0.3) is 0 Å². The molecule has 0 atom stereocenters. The lowest BCUT2D eigenvalue weighted by molar-refractivity contribution is -0.00719. The van der Waals surface area contributed by atoms with E-state index in [4.69, 9.17) is 0 Å². The third-order valence-corrected chi connectivity index (χ3v) is 3.30. The molecule has 0 saturated heterocycles. The van der Waals surface area contributed by atoms with E-state index >= 15 is 0 Å². The first-order valence-electron chi connectivity index (χ1n) is 5.93. The van der Waals surface area contributed by atoms with E-state index in [-0.39, 0.29) is 5.41 Å². The molecule has 1 rings (SSSR count). The standard InChI is InChI=1S/C8H16O.C6H11N/c1-6-7(2,3)8(4,5)9;1-6-3-2-4-7-5-6/h6,9H,1H2,2-5H3;3,7H,2,4-5H2,1H3. The van der Waals surface area contributed by atoms with Crippen molar-refractivity contribution in [3.63, 3.8) is 0 Å². The summed E-state index contributed by atoms with van der Waals surface area (Å²) in [4.78, 5) is 0. The molecule has 0 aromatic heterocycles. The summed E-state index contributed by atoms with van der Waals surface area (Å²) in [6.45, 7) is 15.5.